The molecule has 0 amide bonds. The highest BCUT2D eigenvalue weighted by atomic mass is 16.5. The topological polar surface area (TPSA) is 71.5 Å². The monoisotopic (exact) mass is 486 g/mol. The van der Waals surface area contributed by atoms with Crippen LogP contribution in [0.4, 0.5) is 5.69 Å². The highest BCUT2D eigenvalue weighted by Gasteiger charge is 2.06. The molecule has 0 aliphatic rings. The molecule has 1 heterocycles. The Morgan fingerprint density at radius 1 is 0.838 bits per heavy atom. The van der Waals surface area contributed by atoms with Crippen LogP contribution in [0.1, 0.15) is 15.9 Å². The number of carboxylic acids is 1. The highest BCUT2D eigenvalue weighted by Crippen LogP contribution is 2.23. The number of hydrogen-bond acceptors (Lipinski definition) is 4. The third-order valence-corrected chi connectivity index (χ3v) is 6.02. The molecule has 182 valence electrons. The van der Waals surface area contributed by atoms with E-state index in [0.29, 0.717) is 13.2 Å². The average Bonchev–Trinajstić information content (AvgIpc) is 2.95. The van der Waals surface area contributed by atoms with Gasteiger partial charge in [-0.3, -0.25) is 4.98 Å². The van der Waals surface area contributed by atoms with Gasteiger partial charge in [0.2, 0.25) is 0 Å². The van der Waals surface area contributed by atoms with Crippen molar-refractivity contribution in [2.24, 2.45) is 0 Å². The molecule has 0 radical (unpaired) electrons. The van der Waals surface area contributed by atoms with E-state index in [-0.39, 0.29) is 5.56 Å². The second-order valence-corrected chi connectivity index (χ2v) is 8.68. The predicted molar refractivity (Wildman–Crippen MR) is 149 cm³/mol. The molecule has 0 bridgehead atoms. The van der Waals surface area contributed by atoms with Crippen molar-refractivity contribution in [3.8, 4) is 16.9 Å². The van der Waals surface area contributed by atoms with E-state index >= 15 is 0 Å². The highest BCUT2D eigenvalue weighted by molar-refractivity contribution is 5.87. The molecule has 0 atom stereocenters. The molecule has 0 aliphatic heterocycles. The van der Waals surface area contributed by atoms with Crippen LogP contribution in [0, 0.1) is 0 Å². The fraction of sp³-hybridized carbons (Fsp3) is 0.0625. The fourth-order valence-electron chi connectivity index (χ4n) is 4.03. The maximum absolute atomic E-state index is 11.2. The van der Waals surface area contributed by atoms with Gasteiger partial charge in [-0.25, -0.2) is 4.79 Å². The Labute approximate surface area is 215 Å². The number of anilines is 1. The van der Waals surface area contributed by atoms with Gasteiger partial charge in [-0.1, -0.05) is 78.9 Å². The summed E-state index contributed by atoms with van der Waals surface area (Å²) >= 11 is 0. The lowest BCUT2D eigenvalue weighted by Crippen LogP contribution is -2.12. The van der Waals surface area contributed by atoms with Crippen LogP contribution in [-0.2, 0) is 0 Å². The zero-order valence-electron chi connectivity index (χ0n) is 20.2. The number of benzene rings is 4. The Bertz CT molecular complexity index is 1530. The molecule has 0 aliphatic carbocycles. The van der Waals surface area contributed by atoms with Crippen molar-refractivity contribution in [2.75, 3.05) is 18.5 Å². The summed E-state index contributed by atoms with van der Waals surface area (Å²) < 4.78 is 6.13. The minimum absolute atomic E-state index is 0.258. The first kappa shape index (κ1) is 23.8. The van der Waals surface area contributed by atoms with Crippen LogP contribution < -0.4 is 10.1 Å². The summed E-state index contributed by atoms with van der Waals surface area (Å²) in [6, 6.07) is 35.2. The van der Waals surface area contributed by atoms with E-state index in [1.54, 1.807) is 24.3 Å². The van der Waals surface area contributed by atoms with Crippen LogP contribution in [-0.4, -0.2) is 29.2 Å². The Morgan fingerprint density at radius 3 is 2.30 bits per heavy atom. The normalized spacial score (nSPS) is 11.3. The van der Waals surface area contributed by atoms with Gasteiger partial charge in [0.15, 0.2) is 0 Å². The second-order valence-electron chi connectivity index (χ2n) is 8.68. The fourth-order valence-corrected chi connectivity index (χ4v) is 4.03. The first-order valence-electron chi connectivity index (χ1n) is 12.0. The molecular formula is C32H26N2O3. The lowest BCUT2D eigenvalue weighted by molar-refractivity contribution is 0.0697. The number of aromatic carboxylic acids is 1. The molecule has 0 fully saturated rings. The zero-order valence-corrected chi connectivity index (χ0v) is 20.2. The SMILES string of the molecule is O=C(O)c1ccc(C=C(CNc2cnc3ccccc3c2)COc2ccc(-c3ccccc3)cc2)cc1. The number of carboxylic acid groups (broad SMARTS) is 1. The van der Waals surface area contributed by atoms with Crippen LogP contribution in [0.15, 0.2) is 121 Å². The summed E-state index contributed by atoms with van der Waals surface area (Å²) in [6.07, 6.45) is 3.84. The molecule has 37 heavy (non-hydrogen) atoms. The molecule has 0 saturated carbocycles. The number of carbonyl (C=O) groups is 1. The van der Waals surface area contributed by atoms with Crippen LogP contribution >= 0.6 is 0 Å². The van der Waals surface area contributed by atoms with Gasteiger partial charge in [0.05, 0.1) is 23.0 Å². The van der Waals surface area contributed by atoms with Crippen LogP contribution in [0.5, 0.6) is 5.75 Å². The van der Waals surface area contributed by atoms with Crippen molar-refractivity contribution in [3.63, 3.8) is 0 Å². The minimum Gasteiger partial charge on any atom is -0.489 e. The summed E-state index contributed by atoms with van der Waals surface area (Å²) in [5.74, 6) is -0.164. The van der Waals surface area contributed by atoms with E-state index in [4.69, 9.17) is 4.74 Å². The molecule has 1 aromatic heterocycles. The van der Waals surface area contributed by atoms with Crippen molar-refractivity contribution in [3.05, 3.63) is 132 Å². The van der Waals surface area contributed by atoms with Crippen LogP contribution in [0.2, 0.25) is 0 Å². The lowest BCUT2D eigenvalue weighted by atomic mass is 10.1. The van der Waals surface area contributed by atoms with Gasteiger partial charge in [-0.2, -0.15) is 0 Å². The number of fused-ring (bicyclic) bond motifs is 1. The molecule has 5 heteroatoms. The summed E-state index contributed by atoms with van der Waals surface area (Å²) in [5, 5.41) is 13.7. The quantitative estimate of drug-likeness (QED) is 0.231. The standard InChI is InChI=1S/C32H26N2O3/c35-32(36)27-12-10-23(11-13-27)18-24(20-33-29-19-28-8-4-5-9-31(28)34-21-29)22-37-30-16-14-26(15-17-30)25-6-2-1-3-7-25/h1-19,21,33H,20,22H2,(H,35,36). The molecular weight excluding hydrogens is 460 g/mol. The van der Waals surface area contributed by atoms with Gasteiger partial charge in [0.1, 0.15) is 12.4 Å². The van der Waals surface area contributed by atoms with Crippen molar-refractivity contribution in [1.82, 2.24) is 4.98 Å². The van der Waals surface area contributed by atoms with Gasteiger partial charge in [-0.05, 0) is 58.7 Å². The summed E-state index contributed by atoms with van der Waals surface area (Å²) in [4.78, 5) is 15.7. The molecule has 0 spiro atoms. The number of aromatic nitrogens is 1. The zero-order chi connectivity index (χ0) is 25.5. The predicted octanol–water partition coefficient (Wildman–Crippen LogP) is 7.17. The number of nitrogens with zero attached hydrogens (tertiary/aromatic N) is 1. The second kappa shape index (κ2) is 11.2. The van der Waals surface area contributed by atoms with E-state index in [9.17, 15) is 9.90 Å². The number of nitrogens with one attached hydrogen (secondary N) is 1. The van der Waals surface area contributed by atoms with E-state index in [1.807, 2.05) is 66.9 Å². The van der Waals surface area contributed by atoms with Crippen LogP contribution in [0.25, 0.3) is 28.1 Å². The Balaban J connectivity index is 1.32. The first-order chi connectivity index (χ1) is 18.1. The molecule has 2 N–H and O–H groups in total. The number of rotatable bonds is 9. The largest absolute Gasteiger partial charge is 0.489 e. The molecule has 5 aromatic rings. The van der Waals surface area contributed by atoms with Gasteiger partial charge < -0.3 is 15.2 Å². The number of ether oxygens (including phenoxy) is 1. The summed E-state index contributed by atoms with van der Waals surface area (Å²) in [7, 11) is 0. The van der Waals surface area contributed by atoms with Crippen molar-refractivity contribution >= 4 is 28.6 Å². The Morgan fingerprint density at radius 2 is 1.54 bits per heavy atom. The molecule has 5 rings (SSSR count). The maximum Gasteiger partial charge on any atom is 0.335 e. The van der Waals surface area contributed by atoms with Crippen molar-refractivity contribution in [2.45, 2.75) is 0 Å². The lowest BCUT2D eigenvalue weighted by Gasteiger charge is -2.13. The Hall–Kier alpha value is -4.90. The molecule has 5 nitrogen and oxygen atoms in total. The Kier molecular flexibility index (Phi) is 7.23. The van der Waals surface area contributed by atoms with E-state index in [0.717, 1.165) is 44.6 Å². The third kappa shape index (κ3) is 6.21. The van der Waals surface area contributed by atoms with Gasteiger partial charge in [0, 0.05) is 11.9 Å². The molecule has 0 unspecified atom stereocenters. The third-order valence-electron chi connectivity index (χ3n) is 6.02. The van der Waals surface area contributed by atoms with Crippen molar-refractivity contribution in [1.29, 1.82) is 0 Å². The maximum atomic E-state index is 11.2. The van der Waals surface area contributed by atoms with Gasteiger partial charge >= 0.3 is 5.97 Å². The summed E-state index contributed by atoms with van der Waals surface area (Å²) in [5.41, 5.74) is 6.32. The minimum atomic E-state index is -0.941. The van der Waals surface area contributed by atoms with Crippen LogP contribution in [0.3, 0.4) is 0 Å². The molecule has 0 saturated heterocycles. The van der Waals surface area contributed by atoms with E-state index in [2.05, 4.69) is 40.6 Å². The summed E-state index contributed by atoms with van der Waals surface area (Å²) in [6.45, 7) is 0.919. The van der Waals surface area contributed by atoms with E-state index in [1.165, 1.54) is 0 Å². The first-order valence-corrected chi connectivity index (χ1v) is 12.0. The molecule has 4 aromatic carbocycles. The van der Waals surface area contributed by atoms with Crippen molar-refractivity contribution < 1.29 is 14.6 Å². The number of para-hydroxylation sites is 1. The number of pyridine rings is 1. The average molecular weight is 487 g/mol. The smallest absolute Gasteiger partial charge is 0.335 e. The van der Waals surface area contributed by atoms with E-state index < -0.39 is 5.97 Å². The number of hydrogen-bond donors (Lipinski definition) is 2. The van der Waals surface area contributed by atoms with Gasteiger partial charge in [-0.15, -0.1) is 0 Å². The van der Waals surface area contributed by atoms with Gasteiger partial charge in [0.25, 0.3) is 0 Å².